The zero-order valence-electron chi connectivity index (χ0n) is 11.4. The van der Waals surface area contributed by atoms with Crippen LogP contribution in [0.5, 0.6) is 0 Å². The summed E-state index contributed by atoms with van der Waals surface area (Å²) in [5.41, 5.74) is -1.86. The normalized spacial score (nSPS) is 22.9. The summed E-state index contributed by atoms with van der Waals surface area (Å²) in [6.45, 7) is 2.05. The minimum atomic E-state index is -4.87. The Balaban J connectivity index is 2.34. The highest BCUT2D eigenvalue weighted by atomic mass is 79.9. The molecule has 0 saturated carbocycles. The minimum Gasteiger partial charge on any atom is -0.316 e. The van der Waals surface area contributed by atoms with Gasteiger partial charge in [-0.3, -0.25) is 14.4 Å². The first-order chi connectivity index (χ1) is 9.49. The van der Waals surface area contributed by atoms with Gasteiger partial charge < -0.3 is 5.32 Å². The second kappa shape index (κ2) is 4.72. The van der Waals surface area contributed by atoms with E-state index in [-0.39, 0.29) is 6.54 Å². The van der Waals surface area contributed by atoms with Crippen LogP contribution in [0.15, 0.2) is 4.47 Å². The zero-order chi connectivity index (χ0) is 16.2. The van der Waals surface area contributed by atoms with Crippen molar-refractivity contribution in [2.24, 2.45) is 7.05 Å². The zero-order valence-corrected chi connectivity index (χ0v) is 13.0. The molecular formula is C11H12BrF3N4O2. The van der Waals surface area contributed by atoms with Gasteiger partial charge in [0, 0.05) is 7.05 Å². The molecule has 2 rings (SSSR count). The lowest BCUT2D eigenvalue weighted by Crippen LogP contribution is -2.56. The highest BCUT2D eigenvalue weighted by molar-refractivity contribution is 9.10. The van der Waals surface area contributed by atoms with Crippen LogP contribution in [0, 0.1) is 6.92 Å². The second-order valence-electron chi connectivity index (χ2n) is 4.91. The first-order valence-corrected chi connectivity index (χ1v) is 6.67. The molecule has 1 atom stereocenters. The molecule has 1 aliphatic rings. The molecule has 1 unspecified atom stereocenters. The molecule has 1 aromatic heterocycles. The lowest BCUT2D eigenvalue weighted by atomic mass is 10.0. The molecule has 1 N–H and O–H groups in total. The van der Waals surface area contributed by atoms with Crippen molar-refractivity contribution in [3.63, 3.8) is 0 Å². The maximum atomic E-state index is 13.0. The first kappa shape index (κ1) is 15.8. The average Bonchev–Trinajstić information content (AvgIpc) is 2.71. The molecule has 0 aliphatic carbocycles. The molecule has 6 nitrogen and oxygen atoms in total. The van der Waals surface area contributed by atoms with Crippen molar-refractivity contribution in [3.8, 4) is 0 Å². The predicted molar refractivity (Wildman–Crippen MR) is 69.2 cm³/mol. The van der Waals surface area contributed by atoms with E-state index >= 15 is 0 Å². The number of hydrogen-bond donors (Lipinski definition) is 1. The van der Waals surface area contributed by atoms with Crippen LogP contribution in [0.2, 0.25) is 0 Å². The number of nitrogens with zero attached hydrogens (tertiary/aromatic N) is 3. The summed E-state index contributed by atoms with van der Waals surface area (Å²) in [6, 6.07) is -1.08. The van der Waals surface area contributed by atoms with E-state index in [1.165, 1.54) is 4.68 Å². The standard InChI is InChI=1S/C11H12BrF3N4O2/c1-5-7(12)6(18(3)17-5)4-19-8(20)10(2,11(13,14)15)16-9(19)21/h4H2,1-3H3,(H,16,21). The molecule has 3 amide bonds. The van der Waals surface area contributed by atoms with E-state index in [4.69, 9.17) is 0 Å². The van der Waals surface area contributed by atoms with Gasteiger partial charge >= 0.3 is 12.2 Å². The highest BCUT2D eigenvalue weighted by Crippen LogP contribution is 2.36. The number of urea groups is 1. The fraction of sp³-hybridized carbons (Fsp3) is 0.545. The number of aryl methyl sites for hydroxylation is 2. The van der Waals surface area contributed by atoms with Crippen LogP contribution in [0.4, 0.5) is 18.0 Å². The van der Waals surface area contributed by atoms with Crippen molar-refractivity contribution in [1.29, 1.82) is 0 Å². The summed E-state index contributed by atoms with van der Waals surface area (Å²) < 4.78 is 40.8. The molecule has 2 heterocycles. The van der Waals surface area contributed by atoms with Gasteiger partial charge in [-0.05, 0) is 29.8 Å². The van der Waals surface area contributed by atoms with Gasteiger partial charge in [0.1, 0.15) is 0 Å². The van der Waals surface area contributed by atoms with E-state index in [0.717, 1.165) is 0 Å². The molecule has 1 saturated heterocycles. The van der Waals surface area contributed by atoms with Gasteiger partial charge in [0.25, 0.3) is 5.91 Å². The third-order valence-electron chi connectivity index (χ3n) is 3.41. The fourth-order valence-corrected chi connectivity index (χ4v) is 2.50. The van der Waals surface area contributed by atoms with Gasteiger partial charge in [-0.25, -0.2) is 4.79 Å². The molecule has 1 aromatic rings. The summed E-state index contributed by atoms with van der Waals surface area (Å²) in [4.78, 5) is 24.3. The van der Waals surface area contributed by atoms with Crippen molar-refractivity contribution >= 4 is 27.9 Å². The van der Waals surface area contributed by atoms with Crippen LogP contribution in [-0.2, 0) is 18.4 Å². The van der Waals surface area contributed by atoms with Gasteiger partial charge in [-0.2, -0.15) is 18.3 Å². The monoisotopic (exact) mass is 368 g/mol. The number of halogens is 4. The van der Waals surface area contributed by atoms with Crippen LogP contribution in [0.1, 0.15) is 18.3 Å². The van der Waals surface area contributed by atoms with Crippen molar-refractivity contribution in [1.82, 2.24) is 20.0 Å². The average molecular weight is 369 g/mol. The Morgan fingerprint density at radius 1 is 1.38 bits per heavy atom. The predicted octanol–water partition coefficient (Wildman–Crippen LogP) is 1.86. The first-order valence-electron chi connectivity index (χ1n) is 5.88. The van der Waals surface area contributed by atoms with E-state index in [1.807, 2.05) is 0 Å². The molecule has 0 aromatic carbocycles. The molecular weight excluding hydrogens is 357 g/mol. The maximum absolute atomic E-state index is 13.0. The molecule has 1 aliphatic heterocycles. The Bertz CT molecular complexity index is 628. The number of carbonyl (C=O) groups excluding carboxylic acids is 2. The number of nitrogens with one attached hydrogen (secondary N) is 1. The Morgan fingerprint density at radius 3 is 2.33 bits per heavy atom. The second-order valence-corrected chi connectivity index (χ2v) is 5.71. The summed E-state index contributed by atoms with van der Waals surface area (Å²) >= 11 is 3.24. The number of amides is 3. The molecule has 116 valence electrons. The number of imide groups is 1. The molecule has 21 heavy (non-hydrogen) atoms. The van der Waals surface area contributed by atoms with Gasteiger partial charge in [-0.15, -0.1) is 0 Å². The maximum Gasteiger partial charge on any atom is 0.420 e. The van der Waals surface area contributed by atoms with E-state index < -0.39 is 23.7 Å². The summed E-state index contributed by atoms with van der Waals surface area (Å²) in [5, 5.41) is 5.77. The van der Waals surface area contributed by atoms with Crippen LogP contribution >= 0.6 is 15.9 Å². The van der Waals surface area contributed by atoms with Gasteiger partial charge in [0.2, 0.25) is 5.54 Å². The SMILES string of the molecule is Cc1nn(C)c(CN2C(=O)NC(C)(C(F)(F)F)C2=O)c1Br. The van der Waals surface area contributed by atoms with E-state index in [1.54, 1.807) is 19.3 Å². The lowest BCUT2D eigenvalue weighted by Gasteiger charge is -2.24. The molecule has 10 heteroatoms. The number of aromatic nitrogens is 2. The summed E-state index contributed by atoms with van der Waals surface area (Å²) in [7, 11) is 1.58. The summed E-state index contributed by atoms with van der Waals surface area (Å²) in [5.74, 6) is -1.33. The van der Waals surface area contributed by atoms with E-state index in [0.29, 0.717) is 27.7 Å². The van der Waals surface area contributed by atoms with Crippen molar-refractivity contribution in [2.75, 3.05) is 0 Å². The number of rotatable bonds is 2. The van der Waals surface area contributed by atoms with Crippen LogP contribution in [-0.4, -0.2) is 38.3 Å². The third-order valence-corrected chi connectivity index (χ3v) is 4.44. The lowest BCUT2D eigenvalue weighted by molar-refractivity contribution is -0.191. The Hall–Kier alpha value is -1.58. The van der Waals surface area contributed by atoms with Crippen molar-refractivity contribution in [2.45, 2.75) is 32.1 Å². The Kier molecular flexibility index (Phi) is 3.55. The number of carbonyl (C=O) groups is 2. The molecule has 1 fully saturated rings. The van der Waals surface area contributed by atoms with Crippen molar-refractivity contribution in [3.05, 3.63) is 15.9 Å². The van der Waals surface area contributed by atoms with E-state index in [2.05, 4.69) is 21.0 Å². The Morgan fingerprint density at radius 2 is 1.95 bits per heavy atom. The topological polar surface area (TPSA) is 67.2 Å². The fourth-order valence-electron chi connectivity index (χ4n) is 2.03. The van der Waals surface area contributed by atoms with Gasteiger partial charge in [0.15, 0.2) is 0 Å². The largest absolute Gasteiger partial charge is 0.420 e. The van der Waals surface area contributed by atoms with Gasteiger partial charge in [0.05, 0.1) is 22.4 Å². The number of alkyl halides is 3. The number of hydrogen-bond acceptors (Lipinski definition) is 3. The van der Waals surface area contributed by atoms with E-state index in [9.17, 15) is 22.8 Å². The molecule has 0 spiro atoms. The molecule has 0 bridgehead atoms. The minimum absolute atomic E-state index is 0.297. The van der Waals surface area contributed by atoms with Crippen molar-refractivity contribution < 1.29 is 22.8 Å². The quantitative estimate of drug-likeness (QED) is 0.810. The smallest absolute Gasteiger partial charge is 0.316 e. The van der Waals surface area contributed by atoms with Gasteiger partial charge in [-0.1, -0.05) is 0 Å². The highest BCUT2D eigenvalue weighted by Gasteiger charge is 2.64. The van der Waals surface area contributed by atoms with Crippen LogP contribution in [0.25, 0.3) is 0 Å². The molecule has 0 radical (unpaired) electrons. The van der Waals surface area contributed by atoms with Crippen LogP contribution in [0.3, 0.4) is 0 Å². The third kappa shape index (κ3) is 2.30. The summed E-state index contributed by atoms with van der Waals surface area (Å²) in [6.07, 6.45) is -4.87. The Labute approximate surface area is 126 Å². The van der Waals surface area contributed by atoms with Crippen LogP contribution < -0.4 is 5.32 Å².